The van der Waals surface area contributed by atoms with Crippen LogP contribution in [0.25, 0.3) is 0 Å². The van der Waals surface area contributed by atoms with Crippen LogP contribution in [0.15, 0.2) is 47.7 Å². The number of allylic oxidation sites excluding steroid dienone is 7. The summed E-state index contributed by atoms with van der Waals surface area (Å²) in [5.74, 6) is 2.21. The van der Waals surface area contributed by atoms with E-state index in [1.54, 1.807) is 6.08 Å². The third kappa shape index (κ3) is 5.73. The first-order valence-corrected chi connectivity index (χ1v) is 8.43. The highest BCUT2D eigenvalue weighted by Crippen LogP contribution is 2.38. The summed E-state index contributed by atoms with van der Waals surface area (Å²) in [6.45, 7) is 6.02. The normalized spacial score (nSPS) is 23.4. The lowest BCUT2D eigenvalue weighted by Crippen LogP contribution is -2.14. The highest BCUT2D eigenvalue weighted by Gasteiger charge is 2.18. The van der Waals surface area contributed by atoms with Gasteiger partial charge < -0.3 is 10.0 Å². The zero-order valence-corrected chi connectivity index (χ0v) is 12.5. The van der Waals surface area contributed by atoms with Gasteiger partial charge in [-0.15, -0.1) is 0 Å². The quantitative estimate of drug-likeness (QED) is 0.577. The van der Waals surface area contributed by atoms with Gasteiger partial charge in [0.1, 0.15) is 24.8 Å². The summed E-state index contributed by atoms with van der Waals surface area (Å²) < 4.78 is 0. The SMILES string of the molecule is C=CC=[P+](CCCC)/C1=C/C/C=C\C(B(O)O)=C/C1. The van der Waals surface area contributed by atoms with Crippen LogP contribution in [-0.4, -0.2) is 29.1 Å². The lowest BCUT2D eigenvalue weighted by molar-refractivity contribution is 0.420. The summed E-state index contributed by atoms with van der Waals surface area (Å²) in [4.78, 5) is 0. The molecule has 0 spiro atoms. The van der Waals surface area contributed by atoms with Gasteiger partial charge in [-0.05, 0) is 30.5 Å². The van der Waals surface area contributed by atoms with Crippen LogP contribution >= 0.6 is 7.55 Å². The van der Waals surface area contributed by atoms with Crippen molar-refractivity contribution in [1.29, 1.82) is 0 Å². The maximum absolute atomic E-state index is 9.26. The molecule has 1 unspecified atom stereocenters. The maximum Gasteiger partial charge on any atom is 0.488 e. The second-order valence-electron chi connectivity index (χ2n) is 4.55. The molecule has 1 aliphatic carbocycles. The third-order valence-corrected chi connectivity index (χ3v) is 5.52. The Kier molecular flexibility index (Phi) is 7.73. The van der Waals surface area contributed by atoms with Crippen molar-refractivity contribution in [2.45, 2.75) is 32.6 Å². The summed E-state index contributed by atoms with van der Waals surface area (Å²) in [7, 11) is -1.65. The van der Waals surface area contributed by atoms with Crippen LogP contribution in [0.5, 0.6) is 0 Å². The Bertz CT molecular complexity index is 420. The average molecular weight is 277 g/mol. The van der Waals surface area contributed by atoms with Crippen molar-refractivity contribution in [3.8, 4) is 0 Å². The highest BCUT2D eigenvalue weighted by atomic mass is 31.1. The van der Waals surface area contributed by atoms with Gasteiger partial charge in [-0.25, -0.2) is 0 Å². The van der Waals surface area contributed by atoms with Crippen LogP contribution in [0.1, 0.15) is 32.6 Å². The highest BCUT2D eigenvalue weighted by molar-refractivity contribution is 7.61. The summed E-state index contributed by atoms with van der Waals surface area (Å²) in [6, 6.07) is 0. The molecule has 0 bridgehead atoms. The lowest BCUT2D eigenvalue weighted by Gasteiger charge is -2.05. The van der Waals surface area contributed by atoms with E-state index >= 15 is 0 Å². The molecule has 1 atom stereocenters. The zero-order valence-electron chi connectivity index (χ0n) is 11.6. The van der Waals surface area contributed by atoms with E-state index in [9.17, 15) is 10.0 Å². The molecular formula is C15H23BO2P+. The topological polar surface area (TPSA) is 40.5 Å². The van der Waals surface area contributed by atoms with E-state index in [4.69, 9.17) is 0 Å². The van der Waals surface area contributed by atoms with Crippen LogP contribution in [-0.2, 0) is 0 Å². The number of hydrogen-bond donors (Lipinski definition) is 2. The largest absolute Gasteiger partial charge is 0.488 e. The molecule has 0 aromatic carbocycles. The van der Waals surface area contributed by atoms with Crippen LogP contribution in [0.4, 0.5) is 0 Å². The Hall–Kier alpha value is -0.885. The fourth-order valence-corrected chi connectivity index (χ4v) is 4.18. The molecule has 0 aromatic heterocycles. The smallest absolute Gasteiger partial charge is 0.423 e. The molecule has 0 heterocycles. The fraction of sp³-hybridized carbons (Fsp3) is 0.400. The fourth-order valence-electron chi connectivity index (χ4n) is 1.98. The van der Waals surface area contributed by atoms with Gasteiger partial charge in [-0.3, -0.25) is 0 Å². The number of unbranched alkanes of at least 4 members (excludes halogenated alkanes) is 1. The van der Waals surface area contributed by atoms with Crippen molar-refractivity contribution < 1.29 is 10.0 Å². The van der Waals surface area contributed by atoms with Gasteiger partial charge in [0.05, 0.1) is 0 Å². The molecule has 1 aliphatic rings. The van der Waals surface area contributed by atoms with Crippen LogP contribution in [0.3, 0.4) is 0 Å². The van der Waals surface area contributed by atoms with Gasteiger partial charge in [-0.2, -0.15) is 0 Å². The van der Waals surface area contributed by atoms with Crippen LogP contribution < -0.4 is 0 Å². The first kappa shape index (κ1) is 16.2. The molecule has 0 aromatic rings. The molecule has 19 heavy (non-hydrogen) atoms. The summed E-state index contributed by atoms with van der Waals surface area (Å²) >= 11 is 0. The predicted octanol–water partition coefficient (Wildman–Crippen LogP) is 3.43. The minimum atomic E-state index is -1.37. The minimum absolute atomic E-state index is 0.276. The van der Waals surface area contributed by atoms with Crippen LogP contribution in [0, 0.1) is 0 Å². The summed E-state index contributed by atoms with van der Waals surface area (Å²) in [5.41, 5.74) is 0.592. The monoisotopic (exact) mass is 277 g/mol. The van der Waals surface area contributed by atoms with E-state index in [2.05, 4.69) is 25.4 Å². The van der Waals surface area contributed by atoms with Crippen molar-refractivity contribution in [2.75, 3.05) is 6.16 Å². The van der Waals surface area contributed by atoms with Gasteiger partial charge >= 0.3 is 7.12 Å². The molecule has 2 nitrogen and oxygen atoms in total. The zero-order chi connectivity index (χ0) is 14.1. The van der Waals surface area contributed by atoms with Crippen molar-refractivity contribution >= 4 is 20.5 Å². The molecule has 0 saturated heterocycles. The van der Waals surface area contributed by atoms with Gasteiger partial charge in [-0.1, -0.05) is 38.2 Å². The first-order valence-electron chi connectivity index (χ1n) is 6.83. The molecule has 4 heteroatoms. The number of rotatable bonds is 6. The molecule has 0 saturated carbocycles. The molecule has 0 radical (unpaired) electrons. The Balaban J connectivity index is 2.89. The van der Waals surface area contributed by atoms with Crippen molar-refractivity contribution in [3.05, 3.63) is 47.7 Å². The van der Waals surface area contributed by atoms with Crippen LogP contribution in [0.2, 0.25) is 0 Å². The molecule has 0 amide bonds. The van der Waals surface area contributed by atoms with Gasteiger partial charge in [0, 0.05) is 6.42 Å². The predicted molar refractivity (Wildman–Crippen MR) is 87.7 cm³/mol. The van der Waals surface area contributed by atoms with E-state index in [0.717, 1.165) is 12.8 Å². The Morgan fingerprint density at radius 2 is 2.21 bits per heavy atom. The first-order chi connectivity index (χ1) is 9.19. The lowest BCUT2D eigenvalue weighted by atomic mass is 9.78. The second-order valence-corrected chi connectivity index (χ2v) is 6.81. The van der Waals surface area contributed by atoms with E-state index in [1.807, 2.05) is 18.2 Å². The standard InChI is InChI=1S/C15H23BO2P/c1-3-5-13-19(12-4-2)15-9-7-6-8-14(10-11-15)16(17)18/h4,6,8-10,12,17-18H,2-3,5,7,11,13H2,1H3/q+1/b8-6-,14-10+,15-9+. The minimum Gasteiger partial charge on any atom is -0.423 e. The maximum atomic E-state index is 9.26. The van der Waals surface area contributed by atoms with Crippen molar-refractivity contribution in [2.24, 2.45) is 0 Å². The van der Waals surface area contributed by atoms with Crippen molar-refractivity contribution in [3.63, 3.8) is 0 Å². The summed E-state index contributed by atoms with van der Waals surface area (Å²) in [5, 5.41) is 19.9. The van der Waals surface area contributed by atoms with Gasteiger partial charge in [0.2, 0.25) is 0 Å². The molecule has 102 valence electrons. The van der Waals surface area contributed by atoms with Gasteiger partial charge in [0.15, 0.2) is 0 Å². The molecule has 0 fully saturated rings. The summed E-state index contributed by atoms with van der Waals surface area (Å²) in [6.07, 6.45) is 15.1. The molecule has 0 aliphatic heterocycles. The van der Waals surface area contributed by atoms with E-state index in [1.165, 1.54) is 24.3 Å². The molecule has 1 rings (SSSR count). The molecule has 2 N–H and O–H groups in total. The Morgan fingerprint density at radius 1 is 1.42 bits per heavy atom. The van der Waals surface area contributed by atoms with E-state index < -0.39 is 7.12 Å². The van der Waals surface area contributed by atoms with E-state index in [0.29, 0.717) is 5.47 Å². The number of hydrogen-bond acceptors (Lipinski definition) is 2. The second kappa shape index (κ2) is 9.09. The Labute approximate surface area is 117 Å². The molecular weight excluding hydrogens is 254 g/mol. The average Bonchev–Trinajstić information content (AvgIpc) is 2.34. The van der Waals surface area contributed by atoms with Gasteiger partial charge in [0.25, 0.3) is 0 Å². The Morgan fingerprint density at radius 3 is 2.84 bits per heavy atom. The van der Waals surface area contributed by atoms with Crippen molar-refractivity contribution in [1.82, 2.24) is 0 Å². The third-order valence-electron chi connectivity index (χ3n) is 3.05. The van der Waals surface area contributed by atoms with E-state index in [-0.39, 0.29) is 7.55 Å².